The highest BCUT2D eigenvalue weighted by molar-refractivity contribution is 5.89. The van der Waals surface area contributed by atoms with Crippen LogP contribution in [-0.2, 0) is 14.3 Å². The van der Waals surface area contributed by atoms with Crippen molar-refractivity contribution in [3.63, 3.8) is 0 Å². The Morgan fingerprint density at radius 2 is 1.74 bits per heavy atom. The van der Waals surface area contributed by atoms with Crippen LogP contribution in [0.15, 0.2) is 18.2 Å². The van der Waals surface area contributed by atoms with Gasteiger partial charge in [0.05, 0.1) is 26.0 Å². The van der Waals surface area contributed by atoms with Gasteiger partial charge in [-0.1, -0.05) is 0 Å². The molecule has 23 heavy (non-hydrogen) atoms. The molecule has 0 aliphatic heterocycles. The standard InChI is InChI=1S/C17H28N2O4/c1-5-22-11-9-19(10-12-23-6-2)16-13-15(18-14(3)20)7-8-17(16)21-4/h7-8,13H,5-6,9-12H2,1-4H3,(H,18,20). The maximum absolute atomic E-state index is 11.3. The third-order valence-electron chi connectivity index (χ3n) is 3.26. The van der Waals surface area contributed by atoms with Gasteiger partial charge in [-0.2, -0.15) is 0 Å². The van der Waals surface area contributed by atoms with E-state index in [1.807, 2.05) is 32.0 Å². The molecule has 0 fully saturated rings. The van der Waals surface area contributed by atoms with Gasteiger partial charge in [0.1, 0.15) is 5.75 Å². The number of amides is 1. The molecule has 1 aromatic carbocycles. The Balaban J connectivity index is 2.96. The Hall–Kier alpha value is -1.79. The van der Waals surface area contributed by atoms with E-state index in [9.17, 15) is 4.79 Å². The summed E-state index contributed by atoms with van der Waals surface area (Å²) in [5.41, 5.74) is 1.66. The van der Waals surface area contributed by atoms with Crippen molar-refractivity contribution in [2.75, 3.05) is 56.8 Å². The molecule has 0 bridgehead atoms. The molecule has 6 heteroatoms. The molecule has 0 atom stereocenters. The average molecular weight is 324 g/mol. The van der Waals surface area contributed by atoms with Gasteiger partial charge in [0.25, 0.3) is 0 Å². The second kappa shape index (κ2) is 10.9. The Bertz CT molecular complexity index is 470. The summed E-state index contributed by atoms with van der Waals surface area (Å²) in [5, 5.41) is 2.80. The van der Waals surface area contributed by atoms with Crippen molar-refractivity contribution in [2.24, 2.45) is 0 Å². The zero-order chi connectivity index (χ0) is 17.1. The van der Waals surface area contributed by atoms with Crippen LogP contribution in [0.25, 0.3) is 0 Å². The lowest BCUT2D eigenvalue weighted by atomic mass is 10.2. The summed E-state index contributed by atoms with van der Waals surface area (Å²) in [6.07, 6.45) is 0. The summed E-state index contributed by atoms with van der Waals surface area (Å²) in [7, 11) is 1.64. The highest BCUT2D eigenvalue weighted by Gasteiger charge is 2.13. The van der Waals surface area contributed by atoms with Crippen LogP contribution in [0.1, 0.15) is 20.8 Å². The predicted molar refractivity (Wildman–Crippen MR) is 92.5 cm³/mol. The fourth-order valence-corrected chi connectivity index (χ4v) is 2.21. The molecule has 1 aromatic rings. The minimum atomic E-state index is -0.101. The Kier molecular flexibility index (Phi) is 9.09. The molecule has 0 spiro atoms. The molecule has 0 saturated heterocycles. The normalized spacial score (nSPS) is 10.4. The summed E-state index contributed by atoms with van der Waals surface area (Å²) >= 11 is 0. The fraction of sp³-hybridized carbons (Fsp3) is 0.588. The van der Waals surface area contributed by atoms with Crippen LogP contribution < -0.4 is 15.0 Å². The molecule has 6 nitrogen and oxygen atoms in total. The molecule has 0 saturated carbocycles. The molecular weight excluding hydrogens is 296 g/mol. The number of hydrogen-bond donors (Lipinski definition) is 1. The first kappa shape index (κ1) is 19.3. The van der Waals surface area contributed by atoms with Gasteiger partial charge in [-0.05, 0) is 32.0 Å². The molecule has 0 aliphatic rings. The lowest BCUT2D eigenvalue weighted by Crippen LogP contribution is -2.31. The average Bonchev–Trinajstić information content (AvgIpc) is 2.53. The van der Waals surface area contributed by atoms with E-state index >= 15 is 0 Å². The van der Waals surface area contributed by atoms with E-state index in [-0.39, 0.29) is 5.91 Å². The monoisotopic (exact) mass is 324 g/mol. The molecule has 1 amide bonds. The zero-order valence-electron chi connectivity index (χ0n) is 14.6. The van der Waals surface area contributed by atoms with Gasteiger partial charge in [0.15, 0.2) is 0 Å². The maximum atomic E-state index is 11.3. The van der Waals surface area contributed by atoms with Gasteiger partial charge >= 0.3 is 0 Å². The lowest BCUT2D eigenvalue weighted by molar-refractivity contribution is -0.114. The van der Waals surface area contributed by atoms with E-state index < -0.39 is 0 Å². The summed E-state index contributed by atoms with van der Waals surface area (Å²) in [6.45, 7) is 9.50. The topological polar surface area (TPSA) is 60.0 Å². The molecule has 0 unspecified atom stereocenters. The molecule has 0 aliphatic carbocycles. The number of anilines is 2. The fourth-order valence-electron chi connectivity index (χ4n) is 2.21. The number of benzene rings is 1. The van der Waals surface area contributed by atoms with Crippen LogP contribution in [0.2, 0.25) is 0 Å². The second-order valence-corrected chi connectivity index (χ2v) is 4.95. The number of nitrogens with zero attached hydrogens (tertiary/aromatic N) is 1. The van der Waals surface area contributed by atoms with Crippen molar-refractivity contribution in [3.8, 4) is 5.75 Å². The zero-order valence-corrected chi connectivity index (χ0v) is 14.6. The van der Waals surface area contributed by atoms with E-state index in [2.05, 4.69) is 10.2 Å². The van der Waals surface area contributed by atoms with Gasteiger partial charge in [0, 0.05) is 38.9 Å². The van der Waals surface area contributed by atoms with Gasteiger partial charge in [-0.25, -0.2) is 0 Å². The van der Waals surface area contributed by atoms with E-state index in [0.29, 0.717) is 26.4 Å². The van der Waals surface area contributed by atoms with E-state index in [1.54, 1.807) is 7.11 Å². The third kappa shape index (κ3) is 6.88. The third-order valence-corrected chi connectivity index (χ3v) is 3.26. The van der Waals surface area contributed by atoms with Crippen LogP contribution >= 0.6 is 0 Å². The van der Waals surface area contributed by atoms with E-state index in [0.717, 1.165) is 30.2 Å². The van der Waals surface area contributed by atoms with Gasteiger partial charge in [-0.3, -0.25) is 4.79 Å². The molecule has 0 aromatic heterocycles. The van der Waals surface area contributed by atoms with Gasteiger partial charge in [-0.15, -0.1) is 0 Å². The minimum Gasteiger partial charge on any atom is -0.495 e. The van der Waals surface area contributed by atoms with Crippen LogP contribution in [-0.4, -0.2) is 52.5 Å². The number of methoxy groups -OCH3 is 1. The van der Waals surface area contributed by atoms with Gasteiger partial charge in [0.2, 0.25) is 5.91 Å². The first-order valence-electron chi connectivity index (χ1n) is 7.98. The number of nitrogens with one attached hydrogen (secondary N) is 1. The van der Waals surface area contributed by atoms with E-state index in [1.165, 1.54) is 6.92 Å². The lowest BCUT2D eigenvalue weighted by Gasteiger charge is -2.27. The first-order valence-corrected chi connectivity index (χ1v) is 7.98. The number of rotatable bonds is 11. The quantitative estimate of drug-likeness (QED) is 0.634. The van der Waals surface area contributed by atoms with Crippen molar-refractivity contribution >= 4 is 17.3 Å². The van der Waals surface area contributed by atoms with Crippen molar-refractivity contribution in [2.45, 2.75) is 20.8 Å². The van der Waals surface area contributed by atoms with Crippen molar-refractivity contribution in [1.82, 2.24) is 0 Å². The summed E-state index contributed by atoms with van der Waals surface area (Å²) in [5.74, 6) is 0.656. The highest BCUT2D eigenvalue weighted by atomic mass is 16.5. The molecule has 0 heterocycles. The van der Waals surface area contributed by atoms with E-state index in [4.69, 9.17) is 14.2 Å². The molecule has 130 valence electrons. The molecule has 1 N–H and O–H groups in total. The van der Waals surface area contributed by atoms with Gasteiger partial charge < -0.3 is 24.4 Å². The number of carbonyl (C=O) groups excluding carboxylic acids is 1. The summed E-state index contributed by atoms with van der Waals surface area (Å²) < 4.78 is 16.4. The van der Waals surface area contributed by atoms with Crippen molar-refractivity contribution in [1.29, 1.82) is 0 Å². The summed E-state index contributed by atoms with van der Waals surface area (Å²) in [4.78, 5) is 13.4. The number of carbonyl (C=O) groups is 1. The van der Waals surface area contributed by atoms with Crippen molar-refractivity contribution < 1.29 is 19.0 Å². The minimum absolute atomic E-state index is 0.101. The maximum Gasteiger partial charge on any atom is 0.221 e. The second-order valence-electron chi connectivity index (χ2n) is 4.95. The SMILES string of the molecule is CCOCCN(CCOCC)c1cc(NC(C)=O)ccc1OC. The Morgan fingerprint density at radius 1 is 1.13 bits per heavy atom. The van der Waals surface area contributed by atoms with Crippen molar-refractivity contribution in [3.05, 3.63) is 18.2 Å². The van der Waals surface area contributed by atoms with Crippen LogP contribution in [0.4, 0.5) is 11.4 Å². The largest absolute Gasteiger partial charge is 0.495 e. The van der Waals surface area contributed by atoms with Crippen LogP contribution in [0.3, 0.4) is 0 Å². The van der Waals surface area contributed by atoms with Crippen LogP contribution in [0, 0.1) is 0 Å². The number of hydrogen-bond acceptors (Lipinski definition) is 5. The molecule has 0 radical (unpaired) electrons. The molecule has 1 rings (SSSR count). The first-order chi connectivity index (χ1) is 11.1. The smallest absolute Gasteiger partial charge is 0.221 e. The number of ether oxygens (including phenoxy) is 3. The van der Waals surface area contributed by atoms with Crippen LogP contribution in [0.5, 0.6) is 5.75 Å². The summed E-state index contributed by atoms with van der Waals surface area (Å²) in [6, 6.07) is 5.60. The highest BCUT2D eigenvalue weighted by Crippen LogP contribution is 2.31. The Morgan fingerprint density at radius 3 is 2.22 bits per heavy atom. The predicted octanol–water partition coefficient (Wildman–Crippen LogP) is 2.53. The molecular formula is C17H28N2O4. The Labute approximate surface area is 138 Å².